The van der Waals surface area contributed by atoms with Gasteiger partial charge in [-0.15, -0.1) is 0 Å². The molecule has 0 radical (unpaired) electrons. The van der Waals surface area contributed by atoms with Gasteiger partial charge in [0.2, 0.25) is 0 Å². The molecule has 3 atom stereocenters. The molecule has 0 aromatic rings. The first-order valence-corrected chi connectivity index (χ1v) is 7.51. The summed E-state index contributed by atoms with van der Waals surface area (Å²) in [6.07, 6.45) is 1.52. The van der Waals surface area contributed by atoms with E-state index in [1.807, 2.05) is 0 Å². The quantitative estimate of drug-likeness (QED) is 0.404. The Morgan fingerprint density at radius 2 is 1.28 bits per heavy atom. The van der Waals surface area contributed by atoms with Crippen LogP contribution < -0.4 is 0 Å². The molecule has 0 amide bonds. The van der Waals surface area contributed by atoms with Crippen LogP contribution in [0.15, 0.2) is 0 Å². The Kier molecular flexibility index (Phi) is 14.2. The van der Waals surface area contributed by atoms with E-state index in [9.17, 15) is 9.59 Å². The Labute approximate surface area is 130 Å². The summed E-state index contributed by atoms with van der Waals surface area (Å²) < 4.78 is 0. The zero-order valence-electron chi connectivity index (χ0n) is 10.1. The van der Waals surface area contributed by atoms with Gasteiger partial charge in [0.25, 0.3) is 0 Å². The lowest BCUT2D eigenvalue weighted by Crippen LogP contribution is -2.19. The number of carbonyl (C=O) groups is 2. The summed E-state index contributed by atoms with van der Waals surface area (Å²) in [4.78, 5) is 20.5. The summed E-state index contributed by atoms with van der Waals surface area (Å²) in [5.41, 5.74) is 0. The molecule has 1 unspecified atom stereocenters. The lowest BCUT2D eigenvalue weighted by atomic mass is 10.2. The highest BCUT2D eigenvalue weighted by molar-refractivity contribution is 7.82. The van der Waals surface area contributed by atoms with Crippen molar-refractivity contribution in [3.63, 3.8) is 0 Å². The Hall–Kier alpha value is 0.340. The van der Waals surface area contributed by atoms with Crippen LogP contribution in [0.3, 0.4) is 0 Å². The molecular formula is C10H20O4S4. The smallest absolute Gasteiger partial charge is 0.316 e. The maximum Gasteiger partial charge on any atom is 0.316 e. The lowest BCUT2D eigenvalue weighted by molar-refractivity contribution is -0.138. The van der Waals surface area contributed by atoms with Crippen LogP contribution in [-0.2, 0) is 9.59 Å². The monoisotopic (exact) mass is 332 g/mol. The fraction of sp³-hybridized carbons (Fsp3) is 0.800. The van der Waals surface area contributed by atoms with Crippen LogP contribution in [0.1, 0.15) is 26.2 Å². The number of hydrogen-bond donors (Lipinski definition) is 6. The van der Waals surface area contributed by atoms with Crippen LogP contribution in [0, 0.1) is 0 Å². The molecule has 0 aromatic carbocycles. The molecule has 0 rings (SSSR count). The number of carboxylic acid groups (broad SMARTS) is 2. The number of carboxylic acids is 2. The Morgan fingerprint density at radius 3 is 1.39 bits per heavy atom. The topological polar surface area (TPSA) is 74.6 Å². The van der Waals surface area contributed by atoms with Crippen molar-refractivity contribution < 1.29 is 19.8 Å². The molecular weight excluding hydrogens is 312 g/mol. The molecule has 0 aliphatic carbocycles. The van der Waals surface area contributed by atoms with E-state index in [4.69, 9.17) is 10.2 Å². The van der Waals surface area contributed by atoms with Gasteiger partial charge in [-0.1, -0.05) is 6.92 Å². The van der Waals surface area contributed by atoms with Gasteiger partial charge >= 0.3 is 11.9 Å². The molecule has 0 aromatic heterocycles. The molecule has 0 saturated carbocycles. The highest BCUT2D eigenvalue weighted by atomic mass is 32.1. The van der Waals surface area contributed by atoms with Crippen molar-refractivity contribution in [1.82, 2.24) is 0 Å². The van der Waals surface area contributed by atoms with Crippen molar-refractivity contribution in [2.24, 2.45) is 0 Å². The summed E-state index contributed by atoms with van der Waals surface area (Å²) in [6.45, 7) is 2.07. The fourth-order valence-corrected chi connectivity index (χ4v) is 1.77. The third-order valence-corrected chi connectivity index (χ3v) is 3.31. The van der Waals surface area contributed by atoms with Gasteiger partial charge in [0, 0.05) is 0 Å². The van der Waals surface area contributed by atoms with Gasteiger partial charge in [-0.25, -0.2) is 0 Å². The maximum atomic E-state index is 10.2. The van der Waals surface area contributed by atoms with Crippen molar-refractivity contribution in [2.45, 2.75) is 41.9 Å². The highest BCUT2D eigenvalue weighted by Gasteiger charge is 2.17. The second-order valence-electron chi connectivity index (χ2n) is 3.65. The SMILES string of the molecule is CC(S)CCS.O=C(O)[C@H](S)CC[C@H](S)C(=O)O. The van der Waals surface area contributed by atoms with Crippen molar-refractivity contribution >= 4 is 62.5 Å². The third kappa shape index (κ3) is 14.4. The van der Waals surface area contributed by atoms with Crippen LogP contribution in [0.5, 0.6) is 0 Å². The molecule has 0 spiro atoms. The van der Waals surface area contributed by atoms with Gasteiger partial charge in [0.15, 0.2) is 0 Å². The molecule has 0 heterocycles. The van der Waals surface area contributed by atoms with E-state index >= 15 is 0 Å². The lowest BCUT2D eigenvalue weighted by Gasteiger charge is -2.07. The first kappa shape index (κ1) is 20.7. The Morgan fingerprint density at radius 1 is 0.944 bits per heavy atom. The van der Waals surface area contributed by atoms with Crippen LogP contribution in [0.2, 0.25) is 0 Å². The van der Waals surface area contributed by atoms with Crippen LogP contribution in [-0.4, -0.2) is 43.7 Å². The maximum absolute atomic E-state index is 10.2. The second-order valence-corrected chi connectivity index (χ2v) is 6.22. The van der Waals surface area contributed by atoms with Gasteiger partial charge in [-0.3, -0.25) is 9.59 Å². The molecule has 4 nitrogen and oxygen atoms in total. The van der Waals surface area contributed by atoms with Crippen molar-refractivity contribution in [2.75, 3.05) is 5.75 Å². The number of thiol groups is 4. The minimum Gasteiger partial charge on any atom is -0.480 e. The highest BCUT2D eigenvalue weighted by Crippen LogP contribution is 2.11. The second kappa shape index (κ2) is 12.4. The van der Waals surface area contributed by atoms with Crippen molar-refractivity contribution in [3.8, 4) is 0 Å². The number of rotatable bonds is 7. The van der Waals surface area contributed by atoms with E-state index in [1.54, 1.807) is 0 Å². The molecule has 0 bridgehead atoms. The normalized spacial score (nSPS) is 14.9. The van der Waals surface area contributed by atoms with E-state index in [1.165, 1.54) is 0 Å². The van der Waals surface area contributed by atoms with Gasteiger partial charge in [-0.05, 0) is 30.3 Å². The van der Waals surface area contributed by atoms with Crippen LogP contribution >= 0.6 is 50.5 Å². The summed E-state index contributed by atoms with van der Waals surface area (Å²) in [5, 5.41) is 15.7. The molecule has 0 saturated heterocycles. The predicted octanol–water partition coefficient (Wildman–Crippen LogP) is 2.16. The minimum atomic E-state index is -1.04. The molecule has 18 heavy (non-hydrogen) atoms. The summed E-state index contributed by atoms with van der Waals surface area (Å²) in [5.74, 6) is -1.13. The zero-order chi connectivity index (χ0) is 14.7. The minimum absolute atomic E-state index is 0.207. The first-order valence-electron chi connectivity index (χ1n) is 5.33. The number of aliphatic carboxylic acids is 2. The first-order chi connectivity index (χ1) is 8.22. The Balaban J connectivity index is 0. The molecule has 2 N–H and O–H groups in total. The van der Waals surface area contributed by atoms with Crippen LogP contribution in [0.4, 0.5) is 0 Å². The van der Waals surface area contributed by atoms with E-state index in [0.29, 0.717) is 5.25 Å². The third-order valence-electron chi connectivity index (χ3n) is 1.83. The van der Waals surface area contributed by atoms with Gasteiger partial charge in [0.1, 0.15) is 0 Å². The zero-order valence-corrected chi connectivity index (χ0v) is 13.6. The standard InChI is InChI=1S/C6H10O4S2.C4H10S2/c7-5(8)3(11)1-2-4(12)6(9)10;1-4(6)2-3-5/h3-4,11-12H,1-2H2,(H,7,8)(H,9,10);4-6H,2-3H2,1H3/t3-,4+;. The molecule has 108 valence electrons. The van der Waals surface area contributed by atoms with Crippen molar-refractivity contribution in [1.29, 1.82) is 0 Å². The van der Waals surface area contributed by atoms with E-state index in [2.05, 4.69) is 57.4 Å². The van der Waals surface area contributed by atoms with Crippen LogP contribution in [0.25, 0.3) is 0 Å². The largest absolute Gasteiger partial charge is 0.480 e. The Bertz CT molecular complexity index is 228. The average molecular weight is 333 g/mol. The van der Waals surface area contributed by atoms with Gasteiger partial charge < -0.3 is 10.2 Å². The van der Waals surface area contributed by atoms with Gasteiger partial charge in [-0.2, -0.15) is 50.5 Å². The average Bonchev–Trinajstić information content (AvgIpc) is 2.25. The van der Waals surface area contributed by atoms with E-state index < -0.39 is 22.4 Å². The number of hydrogen-bond acceptors (Lipinski definition) is 6. The van der Waals surface area contributed by atoms with E-state index in [0.717, 1.165) is 12.2 Å². The molecule has 0 fully saturated rings. The molecule has 8 heteroatoms. The molecule has 0 aliphatic heterocycles. The predicted molar refractivity (Wildman–Crippen MR) is 87.0 cm³/mol. The fourth-order valence-electron chi connectivity index (χ4n) is 0.750. The van der Waals surface area contributed by atoms with E-state index in [-0.39, 0.29) is 12.8 Å². The van der Waals surface area contributed by atoms with Gasteiger partial charge in [0.05, 0.1) is 10.5 Å². The summed E-state index contributed by atoms with van der Waals surface area (Å²) >= 11 is 15.6. The summed E-state index contributed by atoms with van der Waals surface area (Å²) in [6, 6.07) is 0. The molecule has 0 aliphatic rings. The summed E-state index contributed by atoms with van der Waals surface area (Å²) in [7, 11) is 0. The van der Waals surface area contributed by atoms with Crippen molar-refractivity contribution in [3.05, 3.63) is 0 Å².